The topological polar surface area (TPSA) is 94.4 Å². The number of carbonyl (C=O) groups excluding carboxylic acids is 1. The number of rotatable bonds is 3. The SMILES string of the molecule is Cc1[nH]ccc1C(=O)N1CCn2nc([C@H](O)CO)cc2C1. The lowest BCUT2D eigenvalue weighted by atomic mass is 10.2. The number of aromatic nitrogens is 3. The lowest BCUT2D eigenvalue weighted by Crippen LogP contribution is -2.38. The van der Waals surface area contributed by atoms with Crippen molar-refractivity contribution in [1.82, 2.24) is 19.7 Å². The van der Waals surface area contributed by atoms with E-state index in [1.807, 2.05) is 6.92 Å². The van der Waals surface area contributed by atoms with E-state index in [1.54, 1.807) is 27.9 Å². The van der Waals surface area contributed by atoms with Gasteiger partial charge in [0.25, 0.3) is 5.91 Å². The summed E-state index contributed by atoms with van der Waals surface area (Å²) in [6.07, 6.45) is 0.783. The monoisotopic (exact) mass is 290 g/mol. The molecule has 0 saturated carbocycles. The van der Waals surface area contributed by atoms with E-state index in [4.69, 9.17) is 5.11 Å². The van der Waals surface area contributed by atoms with Gasteiger partial charge < -0.3 is 20.1 Å². The molecule has 7 nitrogen and oxygen atoms in total. The van der Waals surface area contributed by atoms with Gasteiger partial charge in [-0.3, -0.25) is 9.48 Å². The molecule has 0 saturated heterocycles. The average molecular weight is 290 g/mol. The molecule has 21 heavy (non-hydrogen) atoms. The lowest BCUT2D eigenvalue weighted by Gasteiger charge is -2.27. The first kappa shape index (κ1) is 13.8. The molecule has 0 fully saturated rings. The van der Waals surface area contributed by atoms with Crippen LogP contribution in [0.4, 0.5) is 0 Å². The highest BCUT2D eigenvalue weighted by Gasteiger charge is 2.25. The smallest absolute Gasteiger partial charge is 0.256 e. The van der Waals surface area contributed by atoms with Gasteiger partial charge in [-0.2, -0.15) is 5.10 Å². The number of aliphatic hydroxyl groups excluding tert-OH is 2. The van der Waals surface area contributed by atoms with Gasteiger partial charge in [0.15, 0.2) is 0 Å². The summed E-state index contributed by atoms with van der Waals surface area (Å²) in [6.45, 7) is 3.13. The van der Waals surface area contributed by atoms with Gasteiger partial charge in [0.2, 0.25) is 0 Å². The quantitative estimate of drug-likeness (QED) is 0.752. The fraction of sp³-hybridized carbons (Fsp3) is 0.429. The maximum absolute atomic E-state index is 12.5. The van der Waals surface area contributed by atoms with Crippen LogP contribution >= 0.6 is 0 Å². The van der Waals surface area contributed by atoms with Gasteiger partial charge in [-0.25, -0.2) is 0 Å². The highest BCUT2D eigenvalue weighted by Crippen LogP contribution is 2.20. The van der Waals surface area contributed by atoms with Crippen LogP contribution in [-0.2, 0) is 13.1 Å². The van der Waals surface area contributed by atoms with Crippen LogP contribution in [0.2, 0.25) is 0 Å². The number of aromatic amines is 1. The van der Waals surface area contributed by atoms with Gasteiger partial charge in [-0.05, 0) is 19.1 Å². The highest BCUT2D eigenvalue weighted by molar-refractivity contribution is 5.95. The van der Waals surface area contributed by atoms with Gasteiger partial charge in [-0.1, -0.05) is 0 Å². The Morgan fingerprint density at radius 1 is 1.52 bits per heavy atom. The number of fused-ring (bicyclic) bond motifs is 1. The van der Waals surface area contributed by atoms with Crippen molar-refractivity contribution < 1.29 is 15.0 Å². The van der Waals surface area contributed by atoms with E-state index in [2.05, 4.69) is 10.1 Å². The third kappa shape index (κ3) is 2.45. The number of hydrogen-bond acceptors (Lipinski definition) is 4. The molecule has 1 amide bonds. The summed E-state index contributed by atoms with van der Waals surface area (Å²) in [4.78, 5) is 17.2. The van der Waals surface area contributed by atoms with Gasteiger partial charge >= 0.3 is 0 Å². The van der Waals surface area contributed by atoms with Crippen LogP contribution in [-0.4, -0.2) is 48.9 Å². The van der Waals surface area contributed by atoms with Crippen LogP contribution < -0.4 is 0 Å². The zero-order valence-corrected chi connectivity index (χ0v) is 11.8. The van der Waals surface area contributed by atoms with Gasteiger partial charge in [0, 0.05) is 18.4 Å². The minimum atomic E-state index is -0.973. The first-order chi connectivity index (χ1) is 10.1. The molecule has 0 spiro atoms. The summed E-state index contributed by atoms with van der Waals surface area (Å²) in [5.41, 5.74) is 2.85. The maximum Gasteiger partial charge on any atom is 0.256 e. The predicted octanol–water partition coefficient (Wildman–Crippen LogP) is 0.201. The molecule has 0 aliphatic carbocycles. The molecule has 1 atom stereocenters. The Morgan fingerprint density at radius 2 is 2.33 bits per heavy atom. The molecule has 0 bridgehead atoms. The second-order valence-electron chi connectivity index (χ2n) is 5.23. The first-order valence-electron chi connectivity index (χ1n) is 6.89. The fourth-order valence-corrected chi connectivity index (χ4v) is 2.57. The Bertz CT molecular complexity index is 661. The largest absolute Gasteiger partial charge is 0.393 e. The summed E-state index contributed by atoms with van der Waals surface area (Å²) in [7, 11) is 0. The van der Waals surface area contributed by atoms with Crippen LogP contribution in [0.5, 0.6) is 0 Å². The summed E-state index contributed by atoms with van der Waals surface area (Å²) in [6, 6.07) is 3.52. The number of H-pyrrole nitrogens is 1. The Labute approximate surface area is 121 Å². The van der Waals surface area contributed by atoms with Crippen molar-refractivity contribution in [3.05, 3.63) is 41.0 Å². The number of carbonyl (C=O) groups is 1. The molecule has 3 rings (SSSR count). The standard InChI is InChI=1S/C14H18N4O3/c1-9-11(2-3-15-9)14(21)17-4-5-18-10(7-17)6-12(16-18)13(20)8-19/h2-3,6,13,15,19-20H,4-5,7-8H2,1H3/t13-/m1/s1. The van der Waals surface area contributed by atoms with Crippen molar-refractivity contribution in [3.63, 3.8) is 0 Å². The Hall–Kier alpha value is -2.12. The van der Waals surface area contributed by atoms with E-state index in [0.717, 1.165) is 11.4 Å². The molecule has 7 heteroatoms. The van der Waals surface area contributed by atoms with E-state index in [9.17, 15) is 9.90 Å². The normalized spacial score (nSPS) is 15.9. The molecule has 0 radical (unpaired) electrons. The molecular formula is C14H18N4O3. The molecule has 112 valence electrons. The summed E-state index contributed by atoms with van der Waals surface area (Å²) < 4.78 is 1.78. The molecule has 0 aromatic carbocycles. The van der Waals surface area contributed by atoms with Crippen LogP contribution in [0.25, 0.3) is 0 Å². The minimum Gasteiger partial charge on any atom is -0.393 e. The summed E-state index contributed by atoms with van der Waals surface area (Å²) in [5, 5.41) is 22.9. The molecule has 3 heterocycles. The first-order valence-corrected chi connectivity index (χ1v) is 6.89. The average Bonchev–Trinajstić information content (AvgIpc) is 3.10. The number of amides is 1. The van der Waals surface area contributed by atoms with Crippen molar-refractivity contribution in [2.45, 2.75) is 26.1 Å². The van der Waals surface area contributed by atoms with E-state index in [0.29, 0.717) is 30.9 Å². The molecule has 2 aromatic rings. The van der Waals surface area contributed by atoms with Crippen molar-refractivity contribution in [3.8, 4) is 0 Å². The summed E-state index contributed by atoms with van der Waals surface area (Å²) >= 11 is 0. The second-order valence-corrected chi connectivity index (χ2v) is 5.23. The van der Waals surface area contributed by atoms with Gasteiger partial charge in [0.05, 0.1) is 36.6 Å². The maximum atomic E-state index is 12.5. The summed E-state index contributed by atoms with van der Waals surface area (Å²) in [5.74, 6) is -0.00884. The van der Waals surface area contributed by atoms with E-state index >= 15 is 0 Å². The van der Waals surface area contributed by atoms with Crippen molar-refractivity contribution in [2.24, 2.45) is 0 Å². The number of aliphatic hydroxyl groups is 2. The number of aryl methyl sites for hydroxylation is 1. The predicted molar refractivity (Wildman–Crippen MR) is 74.5 cm³/mol. The number of hydrogen-bond donors (Lipinski definition) is 3. The van der Waals surface area contributed by atoms with Crippen molar-refractivity contribution >= 4 is 5.91 Å². The zero-order valence-electron chi connectivity index (χ0n) is 11.8. The van der Waals surface area contributed by atoms with Gasteiger partial charge in [0.1, 0.15) is 6.10 Å². The van der Waals surface area contributed by atoms with Crippen LogP contribution in [0, 0.1) is 6.92 Å². The van der Waals surface area contributed by atoms with Gasteiger partial charge in [-0.15, -0.1) is 0 Å². The van der Waals surface area contributed by atoms with Crippen molar-refractivity contribution in [2.75, 3.05) is 13.2 Å². The van der Waals surface area contributed by atoms with Crippen LogP contribution in [0.3, 0.4) is 0 Å². The van der Waals surface area contributed by atoms with E-state index in [1.165, 1.54) is 0 Å². The molecule has 1 aliphatic heterocycles. The zero-order chi connectivity index (χ0) is 15.0. The van der Waals surface area contributed by atoms with Crippen LogP contribution in [0.1, 0.15) is 33.5 Å². The van der Waals surface area contributed by atoms with E-state index < -0.39 is 6.10 Å². The molecule has 1 aliphatic rings. The Balaban J connectivity index is 1.80. The van der Waals surface area contributed by atoms with Crippen molar-refractivity contribution in [1.29, 1.82) is 0 Å². The fourth-order valence-electron chi connectivity index (χ4n) is 2.57. The second kappa shape index (κ2) is 5.34. The molecule has 0 unspecified atom stereocenters. The Morgan fingerprint density at radius 3 is 3.00 bits per heavy atom. The Kier molecular flexibility index (Phi) is 3.52. The van der Waals surface area contributed by atoms with Crippen LogP contribution in [0.15, 0.2) is 18.3 Å². The minimum absolute atomic E-state index is 0.00884. The highest BCUT2D eigenvalue weighted by atomic mass is 16.3. The lowest BCUT2D eigenvalue weighted by molar-refractivity contribution is 0.0704. The number of nitrogens with one attached hydrogen (secondary N) is 1. The molecular weight excluding hydrogens is 272 g/mol. The number of nitrogens with zero attached hydrogens (tertiary/aromatic N) is 3. The van der Waals surface area contributed by atoms with E-state index in [-0.39, 0.29) is 12.5 Å². The third-order valence-corrected chi connectivity index (χ3v) is 3.80. The molecule has 2 aromatic heterocycles. The third-order valence-electron chi connectivity index (χ3n) is 3.80. The molecule has 3 N–H and O–H groups in total.